The molecular formula is C18H26N2O. The second-order valence-corrected chi connectivity index (χ2v) is 7.09. The van der Waals surface area contributed by atoms with Gasteiger partial charge in [-0.15, -0.1) is 0 Å². The molecule has 2 fully saturated rings. The third kappa shape index (κ3) is 2.38. The summed E-state index contributed by atoms with van der Waals surface area (Å²) in [5.41, 5.74) is 2.03. The minimum Gasteiger partial charge on any atom is -0.318 e. The van der Waals surface area contributed by atoms with Gasteiger partial charge in [-0.25, -0.2) is 0 Å². The topological polar surface area (TPSA) is 32.3 Å². The Balaban J connectivity index is 1.92. The Morgan fingerprint density at radius 3 is 2.43 bits per heavy atom. The van der Waals surface area contributed by atoms with Crippen LogP contribution < -0.4 is 5.32 Å². The van der Waals surface area contributed by atoms with Crippen molar-refractivity contribution in [1.82, 2.24) is 10.2 Å². The van der Waals surface area contributed by atoms with Gasteiger partial charge in [0.1, 0.15) is 6.17 Å². The second kappa shape index (κ2) is 5.13. The number of aryl methyl sites for hydroxylation is 1. The van der Waals surface area contributed by atoms with Gasteiger partial charge in [-0.1, -0.05) is 43.7 Å². The lowest BCUT2D eigenvalue weighted by Gasteiger charge is -2.42. The summed E-state index contributed by atoms with van der Waals surface area (Å²) >= 11 is 0. The van der Waals surface area contributed by atoms with E-state index in [9.17, 15) is 4.79 Å². The molecule has 1 N–H and O–H groups in total. The lowest BCUT2D eigenvalue weighted by Crippen LogP contribution is -2.48. The summed E-state index contributed by atoms with van der Waals surface area (Å²) in [6, 6.07) is 8.96. The van der Waals surface area contributed by atoms with Crippen LogP contribution in [0.3, 0.4) is 0 Å². The first-order chi connectivity index (χ1) is 9.94. The summed E-state index contributed by atoms with van der Waals surface area (Å²) in [6.07, 6.45) is 3.12. The third-order valence-corrected chi connectivity index (χ3v) is 5.28. The molecule has 2 atom stereocenters. The molecule has 2 aliphatic rings. The summed E-state index contributed by atoms with van der Waals surface area (Å²) in [5.74, 6) is 1.02. The molecule has 3 rings (SSSR count). The molecule has 1 amide bonds. The van der Waals surface area contributed by atoms with Crippen LogP contribution in [0.15, 0.2) is 24.3 Å². The predicted octanol–water partition coefficient (Wildman–Crippen LogP) is 3.39. The molecule has 0 bridgehead atoms. The van der Waals surface area contributed by atoms with Gasteiger partial charge < -0.3 is 4.90 Å². The van der Waals surface area contributed by atoms with E-state index in [4.69, 9.17) is 0 Å². The highest BCUT2D eigenvalue weighted by atomic mass is 16.2. The van der Waals surface area contributed by atoms with Crippen molar-refractivity contribution in [2.45, 2.75) is 64.7 Å². The van der Waals surface area contributed by atoms with Crippen molar-refractivity contribution in [2.24, 2.45) is 5.92 Å². The Kier molecular flexibility index (Phi) is 3.56. The van der Waals surface area contributed by atoms with Gasteiger partial charge in [0.25, 0.3) is 0 Å². The standard InChI is InChI=1S/C18H26N2O/c1-5-18(4)17(21)20(15-10-13(3)11-15)16(19-18)14-8-6-12(2)7-9-14/h6-9,13,15-16,19H,5,10-11H2,1-4H3. The van der Waals surface area contributed by atoms with E-state index in [1.807, 2.05) is 6.92 Å². The maximum atomic E-state index is 12.9. The van der Waals surface area contributed by atoms with Crippen LogP contribution in [0.2, 0.25) is 0 Å². The highest BCUT2D eigenvalue weighted by Gasteiger charge is 2.51. The number of rotatable bonds is 3. The molecule has 114 valence electrons. The molecule has 0 radical (unpaired) electrons. The summed E-state index contributed by atoms with van der Waals surface area (Å²) in [6.45, 7) is 8.49. The first-order valence-electron chi connectivity index (χ1n) is 8.11. The van der Waals surface area contributed by atoms with Gasteiger partial charge in [0.15, 0.2) is 0 Å². The van der Waals surface area contributed by atoms with Gasteiger partial charge in [0.2, 0.25) is 5.91 Å². The molecule has 1 heterocycles. The fourth-order valence-electron chi connectivity index (χ4n) is 3.54. The van der Waals surface area contributed by atoms with Crippen LogP contribution in [-0.2, 0) is 4.79 Å². The van der Waals surface area contributed by atoms with Crippen LogP contribution in [0.4, 0.5) is 0 Å². The average Bonchev–Trinajstić information content (AvgIpc) is 2.70. The van der Waals surface area contributed by atoms with Crippen molar-refractivity contribution < 1.29 is 4.79 Å². The molecule has 0 spiro atoms. The van der Waals surface area contributed by atoms with E-state index in [1.54, 1.807) is 0 Å². The van der Waals surface area contributed by atoms with Crippen molar-refractivity contribution in [3.63, 3.8) is 0 Å². The molecule has 2 unspecified atom stereocenters. The lowest BCUT2D eigenvalue weighted by molar-refractivity contribution is -0.137. The van der Waals surface area contributed by atoms with E-state index in [1.165, 1.54) is 11.1 Å². The summed E-state index contributed by atoms with van der Waals surface area (Å²) < 4.78 is 0. The first-order valence-corrected chi connectivity index (χ1v) is 8.11. The number of hydrogen-bond donors (Lipinski definition) is 1. The Labute approximate surface area is 127 Å². The van der Waals surface area contributed by atoms with E-state index in [0.717, 1.165) is 25.2 Å². The van der Waals surface area contributed by atoms with Crippen LogP contribution in [0.25, 0.3) is 0 Å². The maximum Gasteiger partial charge on any atom is 0.244 e. The number of hydrogen-bond acceptors (Lipinski definition) is 2. The van der Waals surface area contributed by atoms with Gasteiger partial charge in [0.05, 0.1) is 5.54 Å². The van der Waals surface area contributed by atoms with Crippen molar-refractivity contribution in [3.05, 3.63) is 35.4 Å². The fraction of sp³-hybridized carbons (Fsp3) is 0.611. The van der Waals surface area contributed by atoms with Crippen molar-refractivity contribution in [1.29, 1.82) is 0 Å². The minimum absolute atomic E-state index is 0.0283. The quantitative estimate of drug-likeness (QED) is 0.923. The zero-order valence-electron chi connectivity index (χ0n) is 13.5. The van der Waals surface area contributed by atoms with E-state index in [0.29, 0.717) is 6.04 Å². The van der Waals surface area contributed by atoms with Crippen molar-refractivity contribution in [3.8, 4) is 0 Å². The number of nitrogens with one attached hydrogen (secondary N) is 1. The molecule has 21 heavy (non-hydrogen) atoms. The molecule has 1 aromatic carbocycles. The highest BCUT2D eigenvalue weighted by molar-refractivity contribution is 5.89. The summed E-state index contributed by atoms with van der Waals surface area (Å²) in [7, 11) is 0. The average molecular weight is 286 g/mol. The van der Waals surface area contributed by atoms with Gasteiger partial charge >= 0.3 is 0 Å². The van der Waals surface area contributed by atoms with Crippen LogP contribution in [-0.4, -0.2) is 22.4 Å². The predicted molar refractivity (Wildman–Crippen MR) is 84.8 cm³/mol. The number of carbonyl (C=O) groups excluding carboxylic acids is 1. The molecular weight excluding hydrogens is 260 g/mol. The molecule has 1 saturated carbocycles. The zero-order valence-corrected chi connectivity index (χ0v) is 13.5. The molecule has 1 saturated heterocycles. The van der Waals surface area contributed by atoms with E-state index in [-0.39, 0.29) is 12.1 Å². The highest BCUT2D eigenvalue weighted by Crippen LogP contribution is 2.41. The zero-order chi connectivity index (χ0) is 15.2. The molecule has 0 aromatic heterocycles. The first kappa shape index (κ1) is 14.6. The van der Waals surface area contributed by atoms with Crippen LogP contribution in [0.1, 0.15) is 57.3 Å². The largest absolute Gasteiger partial charge is 0.318 e. The van der Waals surface area contributed by atoms with Gasteiger partial charge in [-0.05, 0) is 44.6 Å². The number of benzene rings is 1. The van der Waals surface area contributed by atoms with Crippen LogP contribution in [0.5, 0.6) is 0 Å². The smallest absolute Gasteiger partial charge is 0.244 e. The lowest BCUT2D eigenvalue weighted by atomic mass is 9.80. The second-order valence-electron chi connectivity index (χ2n) is 7.09. The van der Waals surface area contributed by atoms with Crippen molar-refractivity contribution >= 4 is 5.91 Å². The normalized spacial score (nSPS) is 35.9. The van der Waals surface area contributed by atoms with E-state index in [2.05, 4.69) is 55.3 Å². The Hall–Kier alpha value is -1.35. The maximum absolute atomic E-state index is 12.9. The van der Waals surface area contributed by atoms with Gasteiger partial charge in [0, 0.05) is 6.04 Å². The third-order valence-electron chi connectivity index (χ3n) is 5.28. The fourth-order valence-corrected chi connectivity index (χ4v) is 3.54. The molecule has 1 aliphatic carbocycles. The monoisotopic (exact) mass is 286 g/mol. The Morgan fingerprint density at radius 2 is 1.90 bits per heavy atom. The number of amides is 1. The van der Waals surface area contributed by atoms with E-state index < -0.39 is 5.54 Å². The van der Waals surface area contributed by atoms with Crippen LogP contribution >= 0.6 is 0 Å². The molecule has 3 heteroatoms. The SMILES string of the molecule is CCC1(C)NC(c2ccc(C)cc2)N(C2CC(C)C2)C1=O. The summed E-state index contributed by atoms with van der Waals surface area (Å²) in [4.78, 5) is 15.0. The molecule has 1 aliphatic heterocycles. The number of carbonyl (C=O) groups is 1. The van der Waals surface area contributed by atoms with Gasteiger partial charge in [-0.3, -0.25) is 10.1 Å². The summed E-state index contributed by atoms with van der Waals surface area (Å²) in [5, 5.41) is 3.59. The van der Waals surface area contributed by atoms with E-state index >= 15 is 0 Å². The van der Waals surface area contributed by atoms with Crippen molar-refractivity contribution in [2.75, 3.05) is 0 Å². The minimum atomic E-state index is -0.422. The Morgan fingerprint density at radius 1 is 1.29 bits per heavy atom. The van der Waals surface area contributed by atoms with Gasteiger partial charge in [-0.2, -0.15) is 0 Å². The molecule has 1 aromatic rings. The molecule has 3 nitrogen and oxygen atoms in total. The number of nitrogens with zero attached hydrogens (tertiary/aromatic N) is 1. The van der Waals surface area contributed by atoms with Crippen LogP contribution in [0, 0.1) is 12.8 Å². The Bertz CT molecular complexity index is 533.